The first-order valence-electron chi connectivity index (χ1n) is 7.18. The SMILES string of the molecule is Cc1nc2ccccc2n1-c1cc(N2CCOCC2)cs1. The molecule has 0 atom stereocenters. The lowest BCUT2D eigenvalue weighted by Crippen LogP contribution is -2.35. The van der Waals surface area contributed by atoms with Crippen LogP contribution in [0.1, 0.15) is 5.82 Å². The van der Waals surface area contributed by atoms with Crippen molar-refractivity contribution in [3.05, 3.63) is 41.5 Å². The quantitative estimate of drug-likeness (QED) is 0.728. The molecule has 0 N–H and O–H groups in total. The average molecular weight is 299 g/mol. The number of aromatic nitrogens is 2. The topological polar surface area (TPSA) is 30.3 Å². The van der Waals surface area contributed by atoms with Gasteiger partial charge < -0.3 is 9.64 Å². The fourth-order valence-corrected chi connectivity index (χ4v) is 3.83. The van der Waals surface area contributed by atoms with Gasteiger partial charge in [-0.05, 0) is 25.1 Å². The number of imidazole rings is 1. The Kier molecular flexibility index (Phi) is 3.16. The number of fused-ring (bicyclic) bond motifs is 1. The zero-order chi connectivity index (χ0) is 14.2. The van der Waals surface area contributed by atoms with Crippen molar-refractivity contribution < 1.29 is 4.74 Å². The van der Waals surface area contributed by atoms with E-state index < -0.39 is 0 Å². The number of rotatable bonds is 2. The maximum absolute atomic E-state index is 5.42. The predicted molar refractivity (Wildman–Crippen MR) is 86.7 cm³/mol. The fraction of sp³-hybridized carbons (Fsp3) is 0.312. The molecule has 4 nitrogen and oxygen atoms in total. The Morgan fingerprint density at radius 3 is 2.86 bits per heavy atom. The number of thiophene rings is 1. The number of hydrogen-bond donors (Lipinski definition) is 0. The number of anilines is 1. The van der Waals surface area contributed by atoms with Crippen LogP contribution < -0.4 is 4.90 Å². The second-order valence-electron chi connectivity index (χ2n) is 5.23. The van der Waals surface area contributed by atoms with Gasteiger partial charge in [0.25, 0.3) is 0 Å². The fourth-order valence-electron chi connectivity index (χ4n) is 2.84. The number of hydrogen-bond acceptors (Lipinski definition) is 4. The molecule has 0 saturated carbocycles. The zero-order valence-corrected chi connectivity index (χ0v) is 12.8. The Hall–Kier alpha value is -1.85. The lowest BCUT2D eigenvalue weighted by molar-refractivity contribution is 0.122. The predicted octanol–water partition coefficient (Wildman–Crippen LogP) is 3.23. The third-order valence-corrected chi connectivity index (χ3v) is 4.80. The van der Waals surface area contributed by atoms with E-state index in [1.807, 2.05) is 6.07 Å². The van der Waals surface area contributed by atoms with Crippen molar-refractivity contribution in [2.75, 3.05) is 31.2 Å². The highest BCUT2D eigenvalue weighted by Crippen LogP contribution is 2.30. The molecule has 21 heavy (non-hydrogen) atoms. The highest BCUT2D eigenvalue weighted by atomic mass is 32.1. The second kappa shape index (κ2) is 5.16. The first kappa shape index (κ1) is 12.9. The lowest BCUT2D eigenvalue weighted by atomic mass is 10.3. The minimum atomic E-state index is 0.818. The molecule has 2 aromatic heterocycles. The summed E-state index contributed by atoms with van der Waals surface area (Å²) in [6.07, 6.45) is 0. The molecule has 0 aliphatic carbocycles. The van der Waals surface area contributed by atoms with Gasteiger partial charge >= 0.3 is 0 Å². The molecule has 0 amide bonds. The Morgan fingerprint density at radius 2 is 2.00 bits per heavy atom. The van der Waals surface area contributed by atoms with Crippen LogP contribution in [-0.4, -0.2) is 35.9 Å². The third-order valence-electron chi connectivity index (χ3n) is 3.90. The van der Waals surface area contributed by atoms with E-state index in [2.05, 4.69) is 51.0 Å². The molecule has 1 aromatic carbocycles. The van der Waals surface area contributed by atoms with Gasteiger partial charge in [-0.25, -0.2) is 4.98 Å². The summed E-state index contributed by atoms with van der Waals surface area (Å²) >= 11 is 1.77. The van der Waals surface area contributed by atoms with E-state index in [1.165, 1.54) is 16.2 Å². The number of morpholine rings is 1. The van der Waals surface area contributed by atoms with E-state index in [0.717, 1.165) is 37.6 Å². The molecule has 0 unspecified atom stereocenters. The summed E-state index contributed by atoms with van der Waals surface area (Å²) in [4.78, 5) is 7.03. The van der Waals surface area contributed by atoms with Gasteiger partial charge in [0.2, 0.25) is 0 Å². The molecule has 3 heterocycles. The summed E-state index contributed by atoms with van der Waals surface area (Å²) in [6, 6.07) is 10.6. The summed E-state index contributed by atoms with van der Waals surface area (Å²) in [7, 11) is 0. The molecular weight excluding hydrogens is 282 g/mol. The van der Waals surface area contributed by atoms with Gasteiger partial charge in [-0.3, -0.25) is 4.57 Å². The molecule has 1 saturated heterocycles. The van der Waals surface area contributed by atoms with Crippen LogP contribution in [0.25, 0.3) is 16.0 Å². The van der Waals surface area contributed by atoms with Gasteiger partial charge in [-0.15, -0.1) is 11.3 Å². The van der Waals surface area contributed by atoms with Gasteiger partial charge in [0.15, 0.2) is 0 Å². The highest BCUT2D eigenvalue weighted by molar-refractivity contribution is 7.13. The Labute approximate surface area is 127 Å². The van der Waals surface area contributed by atoms with Crippen molar-refractivity contribution in [1.82, 2.24) is 9.55 Å². The van der Waals surface area contributed by atoms with Gasteiger partial charge in [0.1, 0.15) is 10.8 Å². The van der Waals surface area contributed by atoms with Crippen LogP contribution in [0, 0.1) is 6.92 Å². The summed E-state index contributed by atoms with van der Waals surface area (Å²) in [6.45, 7) is 5.64. The molecule has 0 spiro atoms. The zero-order valence-electron chi connectivity index (χ0n) is 12.0. The number of benzene rings is 1. The molecular formula is C16H17N3OS. The van der Waals surface area contributed by atoms with E-state index >= 15 is 0 Å². The summed E-state index contributed by atoms with van der Waals surface area (Å²) in [5, 5.41) is 3.46. The maximum atomic E-state index is 5.42. The van der Waals surface area contributed by atoms with Crippen molar-refractivity contribution in [3.63, 3.8) is 0 Å². The standard InChI is InChI=1S/C16H17N3OS/c1-12-17-14-4-2-3-5-15(14)19(12)16-10-13(11-21-16)18-6-8-20-9-7-18/h2-5,10-11H,6-9H2,1H3. The van der Waals surface area contributed by atoms with Crippen LogP contribution in [0.4, 0.5) is 5.69 Å². The van der Waals surface area contributed by atoms with Gasteiger partial charge in [0.05, 0.1) is 24.2 Å². The average Bonchev–Trinajstić information content (AvgIpc) is 3.11. The molecule has 3 aromatic rings. The number of para-hydroxylation sites is 2. The van der Waals surface area contributed by atoms with Crippen molar-refractivity contribution >= 4 is 28.1 Å². The Morgan fingerprint density at radius 1 is 1.19 bits per heavy atom. The normalized spacial score (nSPS) is 15.8. The Balaban J connectivity index is 1.75. The summed E-state index contributed by atoms with van der Waals surface area (Å²) < 4.78 is 7.66. The van der Waals surface area contributed by atoms with E-state index in [-0.39, 0.29) is 0 Å². The molecule has 108 valence electrons. The lowest BCUT2D eigenvalue weighted by Gasteiger charge is -2.27. The number of ether oxygens (including phenoxy) is 1. The van der Waals surface area contributed by atoms with Crippen molar-refractivity contribution in [3.8, 4) is 5.00 Å². The maximum Gasteiger partial charge on any atom is 0.111 e. The highest BCUT2D eigenvalue weighted by Gasteiger charge is 2.15. The summed E-state index contributed by atoms with van der Waals surface area (Å²) in [5.74, 6) is 1.03. The van der Waals surface area contributed by atoms with Crippen LogP contribution in [0.15, 0.2) is 35.7 Å². The smallest absolute Gasteiger partial charge is 0.111 e. The van der Waals surface area contributed by atoms with E-state index in [0.29, 0.717) is 0 Å². The van der Waals surface area contributed by atoms with Gasteiger partial charge in [-0.1, -0.05) is 12.1 Å². The minimum Gasteiger partial charge on any atom is -0.378 e. The number of nitrogens with zero attached hydrogens (tertiary/aromatic N) is 3. The summed E-state index contributed by atoms with van der Waals surface area (Å²) in [5.41, 5.74) is 3.51. The van der Waals surface area contributed by atoms with Crippen LogP contribution in [-0.2, 0) is 4.74 Å². The molecule has 4 rings (SSSR count). The van der Waals surface area contributed by atoms with Crippen LogP contribution >= 0.6 is 11.3 Å². The van der Waals surface area contributed by atoms with Crippen LogP contribution in [0.2, 0.25) is 0 Å². The first-order valence-corrected chi connectivity index (χ1v) is 8.06. The molecule has 5 heteroatoms. The van der Waals surface area contributed by atoms with Crippen molar-refractivity contribution in [1.29, 1.82) is 0 Å². The molecule has 0 bridgehead atoms. The van der Waals surface area contributed by atoms with E-state index in [1.54, 1.807) is 11.3 Å². The van der Waals surface area contributed by atoms with Crippen molar-refractivity contribution in [2.24, 2.45) is 0 Å². The molecule has 1 aliphatic heterocycles. The largest absolute Gasteiger partial charge is 0.378 e. The third kappa shape index (κ3) is 2.22. The van der Waals surface area contributed by atoms with Crippen LogP contribution in [0.3, 0.4) is 0 Å². The minimum absolute atomic E-state index is 0.818. The van der Waals surface area contributed by atoms with E-state index in [4.69, 9.17) is 4.74 Å². The van der Waals surface area contributed by atoms with E-state index in [9.17, 15) is 0 Å². The van der Waals surface area contributed by atoms with Crippen LogP contribution in [0.5, 0.6) is 0 Å². The Bertz CT molecular complexity index is 771. The first-order chi connectivity index (χ1) is 10.3. The van der Waals surface area contributed by atoms with Crippen molar-refractivity contribution in [2.45, 2.75) is 6.92 Å². The van der Waals surface area contributed by atoms with Gasteiger partial charge in [-0.2, -0.15) is 0 Å². The molecule has 1 fully saturated rings. The number of aryl methyl sites for hydroxylation is 1. The molecule has 1 aliphatic rings. The monoisotopic (exact) mass is 299 g/mol. The second-order valence-corrected chi connectivity index (χ2v) is 6.12. The van der Waals surface area contributed by atoms with Gasteiger partial charge in [0, 0.05) is 24.2 Å². The molecule has 0 radical (unpaired) electrons.